The van der Waals surface area contributed by atoms with E-state index in [-0.39, 0.29) is 12.5 Å². The maximum atomic E-state index is 12.1. The summed E-state index contributed by atoms with van der Waals surface area (Å²) in [5, 5.41) is 6.15. The molecule has 1 heterocycles. The Balaban J connectivity index is 2.25. The number of rotatable bonds is 9. The van der Waals surface area contributed by atoms with Gasteiger partial charge in [-0.1, -0.05) is 6.07 Å². The van der Waals surface area contributed by atoms with Gasteiger partial charge < -0.3 is 20.3 Å². The minimum Gasteiger partial charge on any atom is -0.385 e. The summed E-state index contributed by atoms with van der Waals surface area (Å²) < 4.78 is 4.98. The fourth-order valence-corrected chi connectivity index (χ4v) is 1.89. The molecule has 0 fully saturated rings. The highest BCUT2D eigenvalue weighted by Gasteiger charge is 2.09. The van der Waals surface area contributed by atoms with Gasteiger partial charge in [0.15, 0.2) is 5.96 Å². The van der Waals surface area contributed by atoms with E-state index in [2.05, 4.69) is 20.6 Å². The number of hydrogen-bond donors (Lipinski definition) is 2. The molecule has 0 bridgehead atoms. The summed E-state index contributed by atoms with van der Waals surface area (Å²) >= 11 is 0. The molecule has 0 aliphatic heterocycles. The first-order valence-electron chi connectivity index (χ1n) is 7.74. The van der Waals surface area contributed by atoms with Gasteiger partial charge in [0.05, 0.1) is 6.54 Å². The number of nitrogens with zero attached hydrogens (tertiary/aromatic N) is 3. The molecular formula is C16H27N5O2. The van der Waals surface area contributed by atoms with Crippen LogP contribution < -0.4 is 10.6 Å². The molecule has 23 heavy (non-hydrogen) atoms. The molecule has 0 saturated heterocycles. The molecule has 7 heteroatoms. The predicted octanol–water partition coefficient (Wildman–Crippen LogP) is 0.284. The van der Waals surface area contributed by atoms with Crippen LogP contribution in [-0.2, 0) is 16.0 Å². The zero-order valence-electron chi connectivity index (χ0n) is 14.2. The van der Waals surface area contributed by atoms with Gasteiger partial charge in [-0.25, -0.2) is 0 Å². The summed E-state index contributed by atoms with van der Waals surface area (Å²) in [5.41, 5.74) is 0.982. The number of amides is 1. The van der Waals surface area contributed by atoms with Crippen LogP contribution in [0.2, 0.25) is 0 Å². The zero-order chi connectivity index (χ0) is 16.9. The van der Waals surface area contributed by atoms with Crippen molar-refractivity contribution in [1.29, 1.82) is 0 Å². The number of aromatic nitrogens is 1. The maximum Gasteiger partial charge on any atom is 0.241 e. The lowest BCUT2D eigenvalue weighted by atomic mass is 10.2. The van der Waals surface area contributed by atoms with E-state index in [0.29, 0.717) is 19.1 Å². The van der Waals surface area contributed by atoms with Gasteiger partial charge in [-0.15, -0.1) is 0 Å². The molecule has 7 nitrogen and oxygen atoms in total. The van der Waals surface area contributed by atoms with Gasteiger partial charge >= 0.3 is 0 Å². The van der Waals surface area contributed by atoms with E-state index in [1.807, 2.05) is 18.2 Å². The van der Waals surface area contributed by atoms with Crippen molar-refractivity contribution in [3.63, 3.8) is 0 Å². The topological polar surface area (TPSA) is 78.9 Å². The monoisotopic (exact) mass is 321 g/mol. The Morgan fingerprint density at radius 3 is 2.87 bits per heavy atom. The summed E-state index contributed by atoms with van der Waals surface area (Å²) in [5.74, 6) is 0.633. The Morgan fingerprint density at radius 2 is 2.22 bits per heavy atom. The van der Waals surface area contributed by atoms with E-state index in [4.69, 9.17) is 4.74 Å². The van der Waals surface area contributed by atoms with Crippen molar-refractivity contribution in [3.05, 3.63) is 30.1 Å². The van der Waals surface area contributed by atoms with Gasteiger partial charge in [-0.05, 0) is 18.6 Å². The summed E-state index contributed by atoms with van der Waals surface area (Å²) in [7, 11) is 5.15. The average molecular weight is 321 g/mol. The van der Waals surface area contributed by atoms with Crippen LogP contribution in [0.3, 0.4) is 0 Å². The highest BCUT2D eigenvalue weighted by molar-refractivity contribution is 5.86. The number of likely N-dealkylation sites (N-methyl/N-ethyl adjacent to an activating group) is 1. The number of nitrogens with one attached hydrogen (secondary N) is 2. The first-order chi connectivity index (χ1) is 11.2. The van der Waals surface area contributed by atoms with Crippen LogP contribution in [0.25, 0.3) is 0 Å². The first-order valence-corrected chi connectivity index (χ1v) is 7.74. The van der Waals surface area contributed by atoms with E-state index in [0.717, 1.165) is 25.1 Å². The average Bonchev–Trinajstić information content (AvgIpc) is 2.59. The van der Waals surface area contributed by atoms with Gasteiger partial charge in [-0.2, -0.15) is 0 Å². The molecule has 0 unspecified atom stereocenters. The lowest BCUT2D eigenvalue weighted by molar-refractivity contribution is -0.128. The molecule has 0 aromatic carbocycles. The second kappa shape index (κ2) is 11.4. The van der Waals surface area contributed by atoms with Crippen molar-refractivity contribution in [2.75, 3.05) is 47.4 Å². The molecule has 0 atom stereocenters. The molecule has 1 aromatic heterocycles. The van der Waals surface area contributed by atoms with Crippen LogP contribution in [0.4, 0.5) is 0 Å². The number of ether oxygens (including phenoxy) is 1. The Labute approximate surface area is 138 Å². The van der Waals surface area contributed by atoms with Crippen molar-refractivity contribution < 1.29 is 9.53 Å². The van der Waals surface area contributed by atoms with Gasteiger partial charge in [0.2, 0.25) is 5.91 Å². The van der Waals surface area contributed by atoms with Crippen molar-refractivity contribution in [1.82, 2.24) is 20.5 Å². The Morgan fingerprint density at radius 1 is 1.39 bits per heavy atom. The molecule has 0 aliphatic carbocycles. The van der Waals surface area contributed by atoms with E-state index >= 15 is 0 Å². The van der Waals surface area contributed by atoms with Crippen LogP contribution in [0, 0.1) is 0 Å². The number of aliphatic imine (C=N–C) groups is 1. The number of methoxy groups -OCH3 is 1. The van der Waals surface area contributed by atoms with E-state index in [1.54, 1.807) is 32.3 Å². The van der Waals surface area contributed by atoms with Crippen molar-refractivity contribution >= 4 is 11.9 Å². The fourth-order valence-electron chi connectivity index (χ4n) is 1.89. The van der Waals surface area contributed by atoms with Crippen molar-refractivity contribution in [2.45, 2.75) is 12.8 Å². The standard InChI is InChI=1S/C16H27N5O2/c1-17-16(19-10-6-12-23-3)20-13-15(22)21(2)11-8-14-7-4-5-9-18-14/h4-5,7,9H,6,8,10-13H2,1-3H3,(H2,17,19,20). The van der Waals surface area contributed by atoms with Gasteiger partial charge in [-0.3, -0.25) is 14.8 Å². The van der Waals surface area contributed by atoms with E-state index in [9.17, 15) is 4.79 Å². The minimum atomic E-state index is 0.0146. The third kappa shape index (κ3) is 8.15. The minimum absolute atomic E-state index is 0.0146. The summed E-state index contributed by atoms with van der Waals surface area (Å²) in [6.45, 7) is 2.29. The second-order valence-corrected chi connectivity index (χ2v) is 5.09. The third-order valence-corrected chi connectivity index (χ3v) is 3.30. The van der Waals surface area contributed by atoms with E-state index < -0.39 is 0 Å². The van der Waals surface area contributed by atoms with Gasteiger partial charge in [0, 0.05) is 59.2 Å². The zero-order valence-corrected chi connectivity index (χ0v) is 14.2. The summed E-state index contributed by atoms with van der Waals surface area (Å²) in [4.78, 5) is 22.1. The molecule has 0 radical (unpaired) electrons. The normalized spacial score (nSPS) is 11.2. The number of carbonyl (C=O) groups excluding carboxylic acids is 1. The van der Waals surface area contributed by atoms with Crippen LogP contribution in [0.1, 0.15) is 12.1 Å². The molecule has 128 valence electrons. The Kier molecular flexibility index (Phi) is 9.38. The highest BCUT2D eigenvalue weighted by atomic mass is 16.5. The number of carbonyl (C=O) groups is 1. The van der Waals surface area contributed by atoms with Crippen LogP contribution in [-0.4, -0.2) is 69.2 Å². The Hall–Kier alpha value is -2.15. The molecule has 0 aliphatic rings. The number of guanidine groups is 1. The molecule has 0 saturated carbocycles. The Bertz CT molecular complexity index is 479. The molecule has 1 rings (SSSR count). The summed E-state index contributed by atoms with van der Waals surface area (Å²) in [6.07, 6.45) is 3.39. The van der Waals surface area contributed by atoms with E-state index in [1.165, 1.54) is 0 Å². The van der Waals surface area contributed by atoms with Crippen LogP contribution in [0.5, 0.6) is 0 Å². The molecule has 0 spiro atoms. The van der Waals surface area contributed by atoms with Crippen molar-refractivity contribution in [2.24, 2.45) is 4.99 Å². The van der Waals surface area contributed by atoms with Crippen molar-refractivity contribution in [3.8, 4) is 0 Å². The van der Waals surface area contributed by atoms with Gasteiger partial charge in [0.25, 0.3) is 0 Å². The predicted molar refractivity (Wildman–Crippen MR) is 91.4 cm³/mol. The SMILES string of the molecule is CN=C(NCCCOC)NCC(=O)N(C)CCc1ccccn1. The maximum absolute atomic E-state index is 12.1. The third-order valence-electron chi connectivity index (χ3n) is 3.30. The quantitative estimate of drug-likeness (QED) is 0.388. The highest BCUT2D eigenvalue weighted by Crippen LogP contribution is 1.96. The molecule has 1 amide bonds. The number of hydrogen-bond acceptors (Lipinski definition) is 4. The number of pyridine rings is 1. The molecular weight excluding hydrogens is 294 g/mol. The lowest BCUT2D eigenvalue weighted by Gasteiger charge is -2.18. The van der Waals surface area contributed by atoms with Crippen LogP contribution >= 0.6 is 0 Å². The fraction of sp³-hybridized carbons (Fsp3) is 0.562. The van der Waals surface area contributed by atoms with Crippen LogP contribution in [0.15, 0.2) is 29.4 Å². The second-order valence-electron chi connectivity index (χ2n) is 5.09. The smallest absolute Gasteiger partial charge is 0.241 e. The lowest BCUT2D eigenvalue weighted by Crippen LogP contribution is -2.44. The first kappa shape index (κ1) is 18.9. The largest absolute Gasteiger partial charge is 0.385 e. The molecule has 2 N–H and O–H groups in total. The van der Waals surface area contributed by atoms with Gasteiger partial charge in [0.1, 0.15) is 0 Å². The molecule has 1 aromatic rings. The summed E-state index contributed by atoms with van der Waals surface area (Å²) in [6, 6.07) is 5.79.